The molecule has 18 heavy (non-hydrogen) atoms. The van der Waals surface area contributed by atoms with Crippen LogP contribution in [0.2, 0.25) is 0 Å². The van der Waals surface area contributed by atoms with Crippen LogP contribution < -0.4 is 5.73 Å². The number of nitrogens with two attached hydrogens (primary N) is 1. The third kappa shape index (κ3) is 3.34. The van der Waals surface area contributed by atoms with Gasteiger partial charge in [-0.3, -0.25) is 0 Å². The molecule has 1 rings (SSSR count). The number of hydrogen-bond acceptors (Lipinski definition) is 3. The number of hydrogen-bond donors (Lipinski definition) is 1. The Balaban J connectivity index is 2.75. The predicted molar refractivity (Wildman–Crippen MR) is 61.0 cm³/mol. The molecule has 1 aliphatic heterocycles. The fourth-order valence-corrected chi connectivity index (χ4v) is 3.57. The molecule has 0 radical (unpaired) electrons. The lowest BCUT2D eigenvalue weighted by Crippen LogP contribution is -2.43. The van der Waals surface area contributed by atoms with Crippen molar-refractivity contribution in [3.63, 3.8) is 0 Å². The van der Waals surface area contributed by atoms with Gasteiger partial charge in [0.2, 0.25) is 0 Å². The fourth-order valence-electron chi connectivity index (χ4n) is 1.84. The lowest BCUT2D eigenvalue weighted by atomic mass is 10.1. The van der Waals surface area contributed by atoms with Crippen molar-refractivity contribution in [2.24, 2.45) is 11.7 Å². The van der Waals surface area contributed by atoms with E-state index < -0.39 is 35.4 Å². The van der Waals surface area contributed by atoms with Gasteiger partial charge < -0.3 is 5.73 Å². The predicted octanol–water partition coefficient (Wildman–Crippen LogP) is 0.396. The topological polar surface area (TPSA) is 66.6 Å². The maximum absolute atomic E-state index is 12.6. The van der Waals surface area contributed by atoms with Crippen LogP contribution in [0.15, 0.2) is 0 Å². The van der Waals surface area contributed by atoms with E-state index in [0.29, 0.717) is 13.0 Å². The third-order valence-corrected chi connectivity index (χ3v) is 4.90. The normalized spacial score (nSPS) is 23.4. The summed E-state index contributed by atoms with van der Waals surface area (Å²) in [5, 5.41) is 0. The van der Waals surface area contributed by atoms with Crippen molar-refractivity contribution in [3.05, 3.63) is 0 Å². The van der Waals surface area contributed by atoms with Gasteiger partial charge in [-0.1, -0.05) is 6.92 Å². The first kappa shape index (κ1) is 15.7. The Bertz CT molecular complexity index is 372. The molecule has 1 atom stereocenters. The smallest absolute Gasteiger partial charge is 0.330 e. The largest absolute Gasteiger partial charge is 0.394 e. The molecule has 9 heteroatoms. The van der Waals surface area contributed by atoms with Crippen LogP contribution >= 0.6 is 0 Å². The van der Waals surface area contributed by atoms with E-state index in [1.54, 1.807) is 0 Å². The second-order valence-electron chi connectivity index (χ2n) is 4.24. The maximum Gasteiger partial charge on any atom is 0.394 e. The summed E-state index contributed by atoms with van der Waals surface area (Å²) in [6.45, 7) is 1.28. The number of alkyl halides is 3. The van der Waals surface area contributed by atoms with Crippen LogP contribution in [0, 0.1) is 5.92 Å². The Kier molecular flexibility index (Phi) is 4.98. The molecule has 0 aromatic heterocycles. The lowest BCUT2D eigenvalue weighted by molar-refractivity contribution is -0.173. The first-order valence-corrected chi connectivity index (χ1v) is 7.15. The van der Waals surface area contributed by atoms with Crippen LogP contribution in [0.4, 0.5) is 13.2 Å². The third-order valence-electron chi connectivity index (χ3n) is 2.90. The lowest BCUT2D eigenvalue weighted by Gasteiger charge is -2.24. The SMILES string of the molecule is CCCN1CCN(CC(CN)C(F)(F)F)S1(=O)=O. The highest BCUT2D eigenvalue weighted by Gasteiger charge is 2.44. The van der Waals surface area contributed by atoms with Crippen molar-refractivity contribution < 1.29 is 21.6 Å². The minimum absolute atomic E-state index is 0.0922. The zero-order chi connectivity index (χ0) is 14.0. The standard InChI is InChI=1S/C9H18F3N3O2S/c1-2-3-14-4-5-15(18(14,16)17)7-8(6-13)9(10,11)12/h8H,2-7,13H2,1H3. The van der Waals surface area contributed by atoms with Gasteiger partial charge in [0, 0.05) is 32.7 Å². The van der Waals surface area contributed by atoms with Gasteiger partial charge >= 0.3 is 6.18 Å². The molecule has 0 amide bonds. The Labute approximate surface area is 105 Å². The minimum atomic E-state index is -4.47. The molecule has 1 aliphatic rings. The number of rotatable bonds is 5. The van der Waals surface area contributed by atoms with E-state index in [1.165, 1.54) is 4.31 Å². The molecule has 5 nitrogen and oxygen atoms in total. The van der Waals surface area contributed by atoms with Gasteiger partial charge in [0.1, 0.15) is 0 Å². The van der Waals surface area contributed by atoms with E-state index >= 15 is 0 Å². The second kappa shape index (κ2) is 5.72. The molecule has 0 saturated carbocycles. The highest BCUT2D eigenvalue weighted by molar-refractivity contribution is 7.87. The van der Waals surface area contributed by atoms with Crippen molar-refractivity contribution in [2.45, 2.75) is 19.5 Å². The minimum Gasteiger partial charge on any atom is -0.330 e. The van der Waals surface area contributed by atoms with Gasteiger partial charge in [0.15, 0.2) is 0 Å². The average molecular weight is 289 g/mol. The molecule has 1 heterocycles. The van der Waals surface area contributed by atoms with Gasteiger partial charge in [-0.25, -0.2) is 0 Å². The van der Waals surface area contributed by atoms with E-state index in [-0.39, 0.29) is 13.1 Å². The fraction of sp³-hybridized carbons (Fsp3) is 1.00. The summed E-state index contributed by atoms with van der Waals surface area (Å²) in [4.78, 5) is 0. The zero-order valence-corrected chi connectivity index (χ0v) is 11.0. The van der Waals surface area contributed by atoms with Gasteiger partial charge in [0.25, 0.3) is 10.2 Å². The summed E-state index contributed by atoms with van der Waals surface area (Å²) in [6, 6.07) is 0. The Morgan fingerprint density at radius 2 is 1.83 bits per heavy atom. The summed E-state index contributed by atoms with van der Waals surface area (Å²) in [5.41, 5.74) is 5.06. The molecule has 0 bridgehead atoms. The van der Waals surface area contributed by atoms with Crippen molar-refractivity contribution in [1.29, 1.82) is 0 Å². The van der Waals surface area contributed by atoms with Crippen LogP contribution in [0.1, 0.15) is 13.3 Å². The first-order chi connectivity index (χ1) is 8.23. The summed E-state index contributed by atoms with van der Waals surface area (Å²) >= 11 is 0. The van der Waals surface area contributed by atoms with Gasteiger partial charge in [-0.05, 0) is 6.42 Å². The Morgan fingerprint density at radius 3 is 2.28 bits per heavy atom. The molecule has 0 aromatic carbocycles. The highest BCUT2D eigenvalue weighted by atomic mass is 32.2. The van der Waals surface area contributed by atoms with Crippen molar-refractivity contribution in [3.8, 4) is 0 Å². The van der Waals surface area contributed by atoms with E-state index in [2.05, 4.69) is 0 Å². The molecule has 2 N–H and O–H groups in total. The van der Waals surface area contributed by atoms with Gasteiger partial charge in [-0.2, -0.15) is 30.2 Å². The molecule has 0 aliphatic carbocycles. The summed E-state index contributed by atoms with van der Waals surface area (Å²) in [5.74, 6) is -1.81. The molecule has 108 valence electrons. The van der Waals surface area contributed by atoms with E-state index in [4.69, 9.17) is 5.73 Å². The van der Waals surface area contributed by atoms with Crippen LogP contribution in [0.3, 0.4) is 0 Å². The Hall–Kier alpha value is -0.380. The molecule has 1 saturated heterocycles. The van der Waals surface area contributed by atoms with E-state index in [9.17, 15) is 21.6 Å². The maximum atomic E-state index is 12.6. The highest BCUT2D eigenvalue weighted by Crippen LogP contribution is 2.28. The Morgan fingerprint density at radius 1 is 1.28 bits per heavy atom. The van der Waals surface area contributed by atoms with Crippen molar-refractivity contribution in [1.82, 2.24) is 8.61 Å². The van der Waals surface area contributed by atoms with Crippen molar-refractivity contribution >= 4 is 10.2 Å². The first-order valence-electron chi connectivity index (χ1n) is 5.75. The molecule has 1 fully saturated rings. The van der Waals surface area contributed by atoms with Crippen molar-refractivity contribution in [2.75, 3.05) is 32.7 Å². The zero-order valence-electron chi connectivity index (χ0n) is 10.2. The number of nitrogens with zero attached hydrogens (tertiary/aromatic N) is 2. The monoisotopic (exact) mass is 289 g/mol. The van der Waals surface area contributed by atoms with Gasteiger partial charge in [0.05, 0.1) is 5.92 Å². The number of halogens is 3. The van der Waals surface area contributed by atoms with Gasteiger partial charge in [-0.15, -0.1) is 0 Å². The summed E-state index contributed by atoms with van der Waals surface area (Å²) in [6.07, 6.45) is -3.84. The summed E-state index contributed by atoms with van der Waals surface area (Å²) < 4.78 is 63.6. The van der Waals surface area contributed by atoms with E-state index in [0.717, 1.165) is 4.31 Å². The van der Waals surface area contributed by atoms with Crippen LogP contribution in [-0.2, 0) is 10.2 Å². The van der Waals surface area contributed by atoms with Crippen LogP contribution in [0.25, 0.3) is 0 Å². The molecule has 1 unspecified atom stereocenters. The molecular formula is C9H18F3N3O2S. The average Bonchev–Trinajstić information content (AvgIpc) is 2.50. The van der Waals surface area contributed by atoms with E-state index in [1.807, 2.05) is 6.92 Å². The molecule has 0 spiro atoms. The molecule has 0 aromatic rings. The second-order valence-corrected chi connectivity index (χ2v) is 6.17. The van der Waals surface area contributed by atoms with Crippen LogP contribution in [0.5, 0.6) is 0 Å². The quantitative estimate of drug-likeness (QED) is 0.796. The molecular weight excluding hydrogens is 271 g/mol. The van der Waals surface area contributed by atoms with Crippen LogP contribution in [-0.4, -0.2) is 55.9 Å². The summed E-state index contributed by atoms with van der Waals surface area (Å²) in [7, 11) is -3.74.